The topological polar surface area (TPSA) is 76.7 Å². The fourth-order valence-electron chi connectivity index (χ4n) is 2.80. The molecular weight excluding hydrogens is 410 g/mol. The summed E-state index contributed by atoms with van der Waals surface area (Å²) < 4.78 is 10.8. The summed E-state index contributed by atoms with van der Waals surface area (Å²) in [5.74, 6) is 0.244. The molecule has 0 aliphatic rings. The first-order valence-corrected chi connectivity index (χ1v) is 9.89. The number of rotatable bonds is 4. The van der Waals surface area contributed by atoms with Crippen LogP contribution in [0.2, 0.25) is 5.02 Å². The molecule has 1 N–H and O–H groups in total. The summed E-state index contributed by atoms with van der Waals surface area (Å²) in [6.07, 6.45) is 0. The van der Waals surface area contributed by atoms with Crippen LogP contribution in [-0.4, -0.2) is 18.1 Å². The minimum absolute atomic E-state index is 0.415. The molecule has 0 atom stereocenters. The number of nitrogens with zero attached hydrogens (tertiary/aromatic N) is 2. The summed E-state index contributed by atoms with van der Waals surface area (Å²) in [5.41, 5.74) is 5.12. The normalized spacial score (nSPS) is 11.6. The number of carbonyl (C=O) groups is 1. The van der Waals surface area contributed by atoms with Crippen molar-refractivity contribution in [3.05, 3.63) is 75.5 Å². The van der Waals surface area contributed by atoms with Gasteiger partial charge in [0.05, 0.1) is 18.2 Å². The molecule has 2 aromatic heterocycles. The predicted octanol–water partition coefficient (Wildman–Crippen LogP) is 5.23. The number of hydrogen-bond acceptors (Lipinski definition) is 7. The number of para-hydroxylation sites is 1. The van der Waals surface area contributed by atoms with Gasteiger partial charge in [-0.2, -0.15) is 5.10 Å². The third-order valence-corrected chi connectivity index (χ3v) is 5.51. The monoisotopic (exact) mass is 425 g/mol. The fraction of sp³-hybridized carbons (Fsp3) is 0.0952. The first-order chi connectivity index (χ1) is 14.0. The molecule has 4 rings (SSSR count). The van der Waals surface area contributed by atoms with Gasteiger partial charge in [0, 0.05) is 22.0 Å². The van der Waals surface area contributed by atoms with Gasteiger partial charge >= 0.3 is 5.97 Å². The highest BCUT2D eigenvalue weighted by Gasteiger charge is 2.15. The molecule has 2 aromatic carbocycles. The molecule has 0 unspecified atom stereocenters. The van der Waals surface area contributed by atoms with Crippen LogP contribution >= 0.6 is 22.9 Å². The van der Waals surface area contributed by atoms with E-state index in [0.29, 0.717) is 37.4 Å². The Morgan fingerprint density at radius 2 is 1.97 bits per heavy atom. The van der Waals surface area contributed by atoms with E-state index in [2.05, 4.69) is 15.5 Å². The Morgan fingerprint density at radius 1 is 1.21 bits per heavy atom. The van der Waals surface area contributed by atoms with Crippen molar-refractivity contribution in [2.24, 2.45) is 5.10 Å². The molecule has 2 heterocycles. The molecule has 29 heavy (non-hydrogen) atoms. The predicted molar refractivity (Wildman–Crippen MR) is 114 cm³/mol. The average molecular weight is 426 g/mol. The summed E-state index contributed by atoms with van der Waals surface area (Å²) in [6, 6.07) is 16.9. The van der Waals surface area contributed by atoms with Gasteiger partial charge in [0.1, 0.15) is 16.2 Å². The zero-order valence-corrected chi connectivity index (χ0v) is 17.2. The number of aromatic nitrogens is 1. The standard InChI is InChI=1S/C21H16ClN3O3S/c1-12-19(20(26)27-2)29-21(23-12)25-24-16-11-18(13-7-9-14(22)10-8-13)28-17-6-4-3-5-15(16)17/h3-11H,1-2H3,(H,23,25). The Bertz CT molecular complexity index is 1260. The highest BCUT2D eigenvalue weighted by molar-refractivity contribution is 7.17. The minimum atomic E-state index is -0.415. The average Bonchev–Trinajstić information content (AvgIpc) is 3.12. The van der Waals surface area contributed by atoms with Crippen LogP contribution < -0.4 is 10.8 Å². The van der Waals surface area contributed by atoms with Crippen LogP contribution in [0.3, 0.4) is 0 Å². The molecule has 0 bridgehead atoms. The van der Waals surface area contributed by atoms with Crippen molar-refractivity contribution in [2.75, 3.05) is 12.5 Å². The van der Waals surface area contributed by atoms with Crippen LogP contribution in [-0.2, 0) is 4.74 Å². The van der Waals surface area contributed by atoms with Crippen molar-refractivity contribution in [3.63, 3.8) is 0 Å². The number of hydrogen-bond donors (Lipinski definition) is 1. The van der Waals surface area contributed by atoms with E-state index in [4.69, 9.17) is 20.8 Å². The van der Waals surface area contributed by atoms with Crippen LogP contribution in [0.15, 0.2) is 64.1 Å². The number of aryl methyl sites for hydroxylation is 1. The van der Waals surface area contributed by atoms with Gasteiger partial charge in [0.15, 0.2) is 0 Å². The number of fused-ring (bicyclic) bond motifs is 1. The maximum atomic E-state index is 11.8. The number of halogens is 1. The van der Waals surface area contributed by atoms with Gasteiger partial charge in [-0.25, -0.2) is 9.78 Å². The Balaban J connectivity index is 1.78. The van der Waals surface area contributed by atoms with E-state index in [9.17, 15) is 4.79 Å². The maximum Gasteiger partial charge on any atom is 0.350 e. The molecule has 6 nitrogen and oxygen atoms in total. The fourth-order valence-corrected chi connectivity index (χ4v) is 3.75. The van der Waals surface area contributed by atoms with Gasteiger partial charge < -0.3 is 9.15 Å². The van der Waals surface area contributed by atoms with Gasteiger partial charge in [-0.1, -0.05) is 35.1 Å². The Hall–Kier alpha value is -3.16. The van der Waals surface area contributed by atoms with Crippen molar-refractivity contribution in [2.45, 2.75) is 6.92 Å². The molecule has 0 aliphatic carbocycles. The Morgan fingerprint density at radius 3 is 2.72 bits per heavy atom. The zero-order valence-electron chi connectivity index (χ0n) is 15.6. The second-order valence-corrected chi connectivity index (χ2v) is 7.58. The lowest BCUT2D eigenvalue weighted by Gasteiger charge is -2.05. The highest BCUT2D eigenvalue weighted by atomic mass is 35.5. The third kappa shape index (κ3) is 4.01. The van der Waals surface area contributed by atoms with E-state index in [0.717, 1.165) is 10.9 Å². The number of ether oxygens (including phenoxy) is 1. The molecule has 0 amide bonds. The smallest absolute Gasteiger partial charge is 0.350 e. The Labute approximate surface area is 175 Å². The lowest BCUT2D eigenvalue weighted by molar-refractivity contribution is 0.0605. The van der Waals surface area contributed by atoms with Crippen LogP contribution in [0.1, 0.15) is 15.4 Å². The molecule has 0 saturated heterocycles. The van der Waals surface area contributed by atoms with Crippen molar-refractivity contribution >= 4 is 45.0 Å². The van der Waals surface area contributed by atoms with E-state index >= 15 is 0 Å². The molecule has 4 aromatic rings. The van der Waals surface area contributed by atoms with Crippen molar-refractivity contribution in [1.29, 1.82) is 0 Å². The van der Waals surface area contributed by atoms with Crippen molar-refractivity contribution < 1.29 is 13.9 Å². The second kappa shape index (κ2) is 8.06. The van der Waals surface area contributed by atoms with Gasteiger partial charge in [0.25, 0.3) is 0 Å². The molecule has 0 saturated carbocycles. The lowest BCUT2D eigenvalue weighted by Crippen LogP contribution is -2.07. The van der Waals surface area contributed by atoms with Gasteiger partial charge in [-0.15, -0.1) is 0 Å². The van der Waals surface area contributed by atoms with E-state index < -0.39 is 5.97 Å². The number of anilines is 1. The summed E-state index contributed by atoms with van der Waals surface area (Å²) in [6.45, 7) is 1.75. The minimum Gasteiger partial charge on any atom is -0.465 e. The largest absolute Gasteiger partial charge is 0.465 e. The van der Waals surface area contributed by atoms with Crippen LogP contribution in [0, 0.1) is 6.92 Å². The summed E-state index contributed by atoms with van der Waals surface area (Å²) >= 11 is 7.18. The van der Waals surface area contributed by atoms with Crippen LogP contribution in [0.25, 0.3) is 22.3 Å². The van der Waals surface area contributed by atoms with E-state index in [1.807, 2.05) is 54.6 Å². The van der Waals surface area contributed by atoms with E-state index in [1.54, 1.807) is 6.92 Å². The highest BCUT2D eigenvalue weighted by Crippen LogP contribution is 2.25. The number of nitrogens with one attached hydrogen (secondary N) is 1. The number of carbonyl (C=O) groups excluding carboxylic acids is 1. The third-order valence-electron chi connectivity index (χ3n) is 4.22. The van der Waals surface area contributed by atoms with Crippen LogP contribution in [0.4, 0.5) is 5.13 Å². The summed E-state index contributed by atoms with van der Waals surface area (Å²) in [5, 5.41) is 7.19. The van der Waals surface area contributed by atoms with Crippen molar-refractivity contribution in [1.82, 2.24) is 4.98 Å². The Kier molecular flexibility index (Phi) is 5.33. The molecule has 8 heteroatoms. The summed E-state index contributed by atoms with van der Waals surface area (Å²) in [7, 11) is 1.34. The van der Waals surface area contributed by atoms with E-state index in [-0.39, 0.29) is 0 Å². The van der Waals surface area contributed by atoms with Gasteiger partial charge in [-0.05, 0) is 43.3 Å². The second-order valence-electron chi connectivity index (χ2n) is 6.15. The van der Waals surface area contributed by atoms with Gasteiger partial charge in [0.2, 0.25) is 5.13 Å². The molecular formula is C21H16ClN3O3S. The lowest BCUT2D eigenvalue weighted by atomic mass is 10.1. The number of thiazole rings is 1. The zero-order chi connectivity index (χ0) is 20.4. The number of esters is 1. The first-order valence-electron chi connectivity index (χ1n) is 8.69. The van der Waals surface area contributed by atoms with Crippen LogP contribution in [0.5, 0.6) is 0 Å². The number of methoxy groups -OCH3 is 1. The molecule has 0 spiro atoms. The molecule has 0 radical (unpaired) electrons. The molecule has 0 aliphatic heterocycles. The SMILES string of the molecule is COC(=O)c1sc(NN=c2cc(-c3ccc(Cl)cc3)oc3ccccc23)nc1C. The summed E-state index contributed by atoms with van der Waals surface area (Å²) in [4.78, 5) is 16.6. The maximum absolute atomic E-state index is 11.8. The quantitative estimate of drug-likeness (QED) is 0.357. The number of benzene rings is 2. The first kappa shape index (κ1) is 19.2. The molecule has 146 valence electrons. The van der Waals surface area contributed by atoms with E-state index in [1.165, 1.54) is 18.4 Å². The van der Waals surface area contributed by atoms with Gasteiger partial charge in [-0.3, -0.25) is 5.43 Å². The molecule has 0 fully saturated rings. The van der Waals surface area contributed by atoms with Crippen molar-refractivity contribution in [3.8, 4) is 11.3 Å².